The number of hydrogen-bond donors (Lipinski definition) is 1. The van der Waals surface area contributed by atoms with Gasteiger partial charge in [-0.2, -0.15) is 0 Å². The maximum absolute atomic E-state index is 12.2. The summed E-state index contributed by atoms with van der Waals surface area (Å²) in [5.74, 6) is 0.0838. The predicted octanol–water partition coefficient (Wildman–Crippen LogP) is 5.80. The Labute approximate surface area is 172 Å². The zero-order chi connectivity index (χ0) is 20.1. The lowest BCUT2D eigenvalue weighted by molar-refractivity contribution is 0.144. The summed E-state index contributed by atoms with van der Waals surface area (Å²) >= 11 is 0. The van der Waals surface area contributed by atoms with Gasteiger partial charge >= 0.3 is 6.09 Å². The standard InChI is InChI=1S/C26H25NO2/c1-2-19-9-7-10-20(17-19)11-8-16-27-26(28)29-18-25-23-14-5-3-12-21(23)22-13-4-6-15-24(22)25/h3-15,17,25H,2,16,18H2,1H3,(H,27,28). The van der Waals surface area contributed by atoms with Crippen molar-refractivity contribution in [1.29, 1.82) is 0 Å². The van der Waals surface area contributed by atoms with Gasteiger partial charge in [-0.05, 0) is 39.8 Å². The lowest BCUT2D eigenvalue weighted by Crippen LogP contribution is -2.26. The van der Waals surface area contributed by atoms with Crippen LogP contribution in [0.25, 0.3) is 17.2 Å². The lowest BCUT2D eigenvalue weighted by Gasteiger charge is -2.14. The molecule has 0 radical (unpaired) electrons. The molecule has 0 aromatic heterocycles. The van der Waals surface area contributed by atoms with E-state index in [2.05, 4.69) is 60.8 Å². The van der Waals surface area contributed by atoms with Crippen molar-refractivity contribution >= 4 is 12.2 Å². The van der Waals surface area contributed by atoms with Crippen LogP contribution < -0.4 is 5.32 Å². The van der Waals surface area contributed by atoms with E-state index in [1.807, 2.05) is 36.4 Å². The van der Waals surface area contributed by atoms with Gasteiger partial charge in [0.2, 0.25) is 0 Å². The zero-order valence-corrected chi connectivity index (χ0v) is 16.6. The fraction of sp³-hybridized carbons (Fsp3) is 0.192. The molecule has 1 amide bonds. The van der Waals surface area contributed by atoms with Gasteiger partial charge < -0.3 is 10.1 Å². The first-order valence-electron chi connectivity index (χ1n) is 10.1. The molecule has 1 N–H and O–H groups in total. The van der Waals surface area contributed by atoms with Crippen LogP contribution in [0.1, 0.15) is 35.1 Å². The van der Waals surface area contributed by atoms with E-state index in [0.29, 0.717) is 13.2 Å². The minimum absolute atomic E-state index is 0.0838. The first kappa shape index (κ1) is 19.0. The number of fused-ring (bicyclic) bond motifs is 3. The minimum Gasteiger partial charge on any atom is -0.449 e. The second-order valence-electron chi connectivity index (χ2n) is 7.21. The first-order chi connectivity index (χ1) is 14.3. The highest BCUT2D eigenvalue weighted by Crippen LogP contribution is 2.44. The summed E-state index contributed by atoms with van der Waals surface area (Å²) in [6.07, 6.45) is 4.58. The fourth-order valence-electron chi connectivity index (χ4n) is 3.90. The quantitative estimate of drug-likeness (QED) is 0.584. The highest BCUT2D eigenvalue weighted by Gasteiger charge is 2.28. The molecule has 0 unspecified atom stereocenters. The van der Waals surface area contributed by atoms with Crippen molar-refractivity contribution in [3.63, 3.8) is 0 Å². The van der Waals surface area contributed by atoms with Crippen molar-refractivity contribution in [1.82, 2.24) is 5.32 Å². The Balaban J connectivity index is 1.32. The van der Waals surface area contributed by atoms with E-state index in [0.717, 1.165) is 12.0 Å². The van der Waals surface area contributed by atoms with Crippen LogP contribution in [0.3, 0.4) is 0 Å². The summed E-state index contributed by atoms with van der Waals surface area (Å²) in [6.45, 7) is 2.91. The van der Waals surface area contributed by atoms with E-state index in [1.54, 1.807) is 0 Å². The molecule has 0 heterocycles. The molecule has 0 saturated heterocycles. The number of ether oxygens (including phenoxy) is 1. The molecule has 0 bridgehead atoms. The Morgan fingerprint density at radius 1 is 0.966 bits per heavy atom. The molecule has 146 valence electrons. The average molecular weight is 383 g/mol. The van der Waals surface area contributed by atoms with E-state index >= 15 is 0 Å². The molecule has 0 spiro atoms. The molecule has 3 nitrogen and oxygen atoms in total. The molecule has 3 aromatic carbocycles. The molecule has 3 aromatic rings. The van der Waals surface area contributed by atoms with Crippen LogP contribution in [0, 0.1) is 0 Å². The number of benzene rings is 3. The van der Waals surface area contributed by atoms with Crippen LogP contribution >= 0.6 is 0 Å². The van der Waals surface area contributed by atoms with Gasteiger partial charge in [0.15, 0.2) is 0 Å². The molecular formula is C26H25NO2. The van der Waals surface area contributed by atoms with Crippen molar-refractivity contribution in [2.24, 2.45) is 0 Å². The van der Waals surface area contributed by atoms with Crippen LogP contribution in [0.2, 0.25) is 0 Å². The first-order valence-corrected chi connectivity index (χ1v) is 10.1. The van der Waals surface area contributed by atoms with Crippen LogP contribution in [0.4, 0.5) is 4.79 Å². The molecule has 3 heteroatoms. The summed E-state index contributed by atoms with van der Waals surface area (Å²) < 4.78 is 5.54. The SMILES string of the molecule is CCc1cccc(C=CCNC(=O)OCC2c3ccccc3-c3ccccc32)c1. The maximum Gasteiger partial charge on any atom is 0.407 e. The summed E-state index contributed by atoms with van der Waals surface area (Å²) in [6, 6.07) is 25.1. The van der Waals surface area contributed by atoms with Crippen molar-refractivity contribution < 1.29 is 9.53 Å². The second kappa shape index (κ2) is 8.78. The van der Waals surface area contributed by atoms with Crippen molar-refractivity contribution in [3.05, 3.63) is 101 Å². The lowest BCUT2D eigenvalue weighted by atomic mass is 9.98. The van der Waals surface area contributed by atoms with Gasteiger partial charge in [0.25, 0.3) is 0 Å². The van der Waals surface area contributed by atoms with Crippen LogP contribution in [-0.4, -0.2) is 19.2 Å². The molecule has 0 fully saturated rings. The van der Waals surface area contributed by atoms with E-state index in [1.165, 1.54) is 27.8 Å². The number of rotatable bonds is 6. The Kier molecular flexibility index (Phi) is 5.76. The maximum atomic E-state index is 12.2. The topological polar surface area (TPSA) is 38.3 Å². The van der Waals surface area contributed by atoms with Crippen molar-refractivity contribution in [2.75, 3.05) is 13.2 Å². The van der Waals surface area contributed by atoms with Crippen molar-refractivity contribution in [2.45, 2.75) is 19.3 Å². The van der Waals surface area contributed by atoms with Gasteiger partial charge in [-0.3, -0.25) is 0 Å². The van der Waals surface area contributed by atoms with E-state index in [9.17, 15) is 4.79 Å². The molecule has 0 saturated carbocycles. The average Bonchev–Trinajstić information content (AvgIpc) is 3.09. The van der Waals surface area contributed by atoms with E-state index in [-0.39, 0.29) is 12.0 Å². The fourth-order valence-corrected chi connectivity index (χ4v) is 3.90. The van der Waals surface area contributed by atoms with E-state index in [4.69, 9.17) is 4.74 Å². The van der Waals surface area contributed by atoms with E-state index < -0.39 is 0 Å². The Morgan fingerprint density at radius 2 is 1.66 bits per heavy atom. The normalized spacial score (nSPS) is 12.6. The van der Waals surface area contributed by atoms with Gasteiger partial charge in [0.05, 0.1) is 0 Å². The number of hydrogen-bond acceptors (Lipinski definition) is 2. The highest BCUT2D eigenvalue weighted by atomic mass is 16.5. The smallest absolute Gasteiger partial charge is 0.407 e. The Bertz CT molecular complexity index is 993. The largest absolute Gasteiger partial charge is 0.449 e. The highest BCUT2D eigenvalue weighted by molar-refractivity contribution is 5.79. The van der Waals surface area contributed by atoms with Gasteiger partial charge in [0, 0.05) is 12.5 Å². The van der Waals surface area contributed by atoms with Crippen LogP contribution in [0.5, 0.6) is 0 Å². The molecule has 4 rings (SSSR count). The summed E-state index contributed by atoms with van der Waals surface area (Å²) in [5.41, 5.74) is 7.34. The summed E-state index contributed by atoms with van der Waals surface area (Å²) in [5, 5.41) is 2.81. The van der Waals surface area contributed by atoms with Crippen LogP contribution in [0.15, 0.2) is 78.9 Å². The van der Waals surface area contributed by atoms with Gasteiger partial charge in [-0.25, -0.2) is 4.79 Å². The summed E-state index contributed by atoms with van der Waals surface area (Å²) in [4.78, 5) is 12.2. The molecular weight excluding hydrogens is 358 g/mol. The number of nitrogens with one attached hydrogen (secondary N) is 1. The monoisotopic (exact) mass is 383 g/mol. The number of carbonyl (C=O) groups is 1. The molecule has 0 aliphatic heterocycles. The number of alkyl carbamates (subject to hydrolysis) is 1. The van der Waals surface area contributed by atoms with Gasteiger partial charge in [-0.15, -0.1) is 0 Å². The van der Waals surface area contributed by atoms with Crippen molar-refractivity contribution in [3.8, 4) is 11.1 Å². The number of aryl methyl sites for hydroxylation is 1. The van der Waals surface area contributed by atoms with Crippen LogP contribution in [-0.2, 0) is 11.2 Å². The molecule has 1 aliphatic carbocycles. The Hall–Kier alpha value is -3.33. The predicted molar refractivity (Wildman–Crippen MR) is 118 cm³/mol. The van der Waals surface area contributed by atoms with Gasteiger partial charge in [0.1, 0.15) is 6.61 Å². The van der Waals surface area contributed by atoms with Gasteiger partial charge in [-0.1, -0.05) is 91.9 Å². The zero-order valence-electron chi connectivity index (χ0n) is 16.6. The second-order valence-corrected chi connectivity index (χ2v) is 7.21. The third-order valence-electron chi connectivity index (χ3n) is 5.38. The minimum atomic E-state index is -0.390. The molecule has 1 aliphatic rings. The third kappa shape index (κ3) is 4.24. The third-order valence-corrected chi connectivity index (χ3v) is 5.38. The Morgan fingerprint density at radius 3 is 2.34 bits per heavy atom. The number of carbonyl (C=O) groups excluding carboxylic acids is 1. The summed E-state index contributed by atoms with van der Waals surface area (Å²) in [7, 11) is 0. The molecule has 29 heavy (non-hydrogen) atoms. The molecule has 0 atom stereocenters. The number of amides is 1.